The minimum Gasteiger partial charge on any atom is -0.399 e. The number of hydrazine groups is 1. The quantitative estimate of drug-likeness (QED) is 0.546. The Morgan fingerprint density at radius 1 is 1.42 bits per heavy atom. The van der Waals surface area contributed by atoms with Gasteiger partial charge < -0.3 is 11.2 Å². The molecule has 0 aromatic heterocycles. The highest BCUT2D eigenvalue weighted by molar-refractivity contribution is 6.33. The predicted molar refractivity (Wildman–Crippen MR) is 53.2 cm³/mol. The van der Waals surface area contributed by atoms with E-state index >= 15 is 0 Å². The molecule has 0 aliphatic carbocycles. The van der Waals surface area contributed by atoms with E-state index in [4.69, 9.17) is 17.3 Å². The molecule has 0 aliphatic rings. The molecule has 0 unspecified atom stereocenters. The molecule has 0 fully saturated rings. The van der Waals surface area contributed by atoms with E-state index < -0.39 is 0 Å². The average Bonchev–Trinajstić information content (AvgIpc) is 1.94. The van der Waals surface area contributed by atoms with Crippen molar-refractivity contribution in [3.8, 4) is 0 Å². The normalized spacial score (nSPS) is 10.3. The van der Waals surface area contributed by atoms with Gasteiger partial charge >= 0.3 is 0 Å². The number of nitrogens with zero attached hydrogens (tertiary/aromatic N) is 1. The maximum atomic E-state index is 5.90. The van der Waals surface area contributed by atoms with E-state index in [1.165, 1.54) is 0 Å². The van der Waals surface area contributed by atoms with Crippen molar-refractivity contribution in [1.29, 1.82) is 0 Å². The van der Waals surface area contributed by atoms with Gasteiger partial charge in [-0.25, -0.2) is 5.01 Å². The molecular formula is C8H12ClN3. The summed E-state index contributed by atoms with van der Waals surface area (Å²) in [5.74, 6) is 0. The second kappa shape index (κ2) is 3.65. The number of hydrogen-bond acceptors (Lipinski definition) is 3. The maximum Gasteiger partial charge on any atom is 0.0677 e. The number of nitrogens with one attached hydrogen (secondary N) is 1. The van der Waals surface area contributed by atoms with E-state index in [9.17, 15) is 0 Å². The predicted octanol–water partition coefficient (Wildman–Crippen LogP) is 1.81. The first kappa shape index (κ1) is 9.16. The summed E-state index contributed by atoms with van der Waals surface area (Å²) in [7, 11) is 3.79. The van der Waals surface area contributed by atoms with Gasteiger partial charge in [-0.1, -0.05) is 11.6 Å². The average molecular weight is 186 g/mol. The molecule has 0 spiro atoms. The van der Waals surface area contributed by atoms with Crippen molar-refractivity contribution in [2.75, 3.05) is 25.3 Å². The second-order valence-electron chi connectivity index (χ2n) is 2.75. The summed E-state index contributed by atoms with van der Waals surface area (Å²) in [6.45, 7) is 0. The molecule has 0 bridgehead atoms. The van der Waals surface area contributed by atoms with Crippen LogP contribution in [0.2, 0.25) is 5.02 Å². The van der Waals surface area contributed by atoms with Gasteiger partial charge in [0.15, 0.2) is 0 Å². The zero-order valence-electron chi connectivity index (χ0n) is 7.13. The Balaban J connectivity index is 2.86. The molecule has 4 heteroatoms. The smallest absolute Gasteiger partial charge is 0.0677 e. The van der Waals surface area contributed by atoms with Crippen LogP contribution < -0.4 is 11.2 Å². The number of rotatable bonds is 2. The topological polar surface area (TPSA) is 41.3 Å². The summed E-state index contributed by atoms with van der Waals surface area (Å²) in [4.78, 5) is 0. The number of anilines is 2. The molecule has 3 nitrogen and oxygen atoms in total. The monoisotopic (exact) mass is 185 g/mol. The lowest BCUT2D eigenvalue weighted by molar-refractivity contribution is 0.495. The lowest BCUT2D eigenvalue weighted by atomic mass is 10.3. The Bertz CT molecular complexity index is 273. The largest absolute Gasteiger partial charge is 0.399 e. The molecule has 0 atom stereocenters. The molecule has 0 heterocycles. The Labute approximate surface area is 77.1 Å². The van der Waals surface area contributed by atoms with Gasteiger partial charge in [0.2, 0.25) is 0 Å². The zero-order valence-corrected chi connectivity index (χ0v) is 7.89. The summed E-state index contributed by atoms with van der Waals surface area (Å²) in [6, 6.07) is 5.36. The molecule has 0 saturated heterocycles. The number of nitrogen functional groups attached to an aromatic ring is 1. The molecule has 0 amide bonds. The van der Waals surface area contributed by atoms with Crippen LogP contribution in [0, 0.1) is 0 Å². The highest BCUT2D eigenvalue weighted by Gasteiger charge is 1.99. The highest BCUT2D eigenvalue weighted by Crippen LogP contribution is 2.23. The fourth-order valence-electron chi connectivity index (χ4n) is 0.863. The maximum absolute atomic E-state index is 5.90. The third-order valence-corrected chi connectivity index (χ3v) is 1.65. The van der Waals surface area contributed by atoms with Crippen LogP contribution in [0.5, 0.6) is 0 Å². The lowest BCUT2D eigenvalue weighted by Gasteiger charge is -2.14. The first-order chi connectivity index (χ1) is 5.59. The summed E-state index contributed by atoms with van der Waals surface area (Å²) >= 11 is 5.90. The van der Waals surface area contributed by atoms with Crippen LogP contribution in [0.3, 0.4) is 0 Å². The Morgan fingerprint density at radius 2 is 2.08 bits per heavy atom. The van der Waals surface area contributed by atoms with Gasteiger partial charge in [0.25, 0.3) is 0 Å². The summed E-state index contributed by atoms with van der Waals surface area (Å²) < 4.78 is 0. The SMILES string of the molecule is CN(C)Nc1ccc(N)cc1Cl. The third-order valence-electron chi connectivity index (χ3n) is 1.34. The molecule has 12 heavy (non-hydrogen) atoms. The molecule has 3 N–H and O–H groups in total. The van der Waals surface area contributed by atoms with Gasteiger partial charge in [-0.3, -0.25) is 0 Å². The zero-order chi connectivity index (χ0) is 9.14. The van der Waals surface area contributed by atoms with Crippen LogP contribution in [-0.4, -0.2) is 19.1 Å². The van der Waals surface area contributed by atoms with E-state index in [0.29, 0.717) is 10.7 Å². The molecule has 1 aromatic rings. The number of nitrogens with two attached hydrogens (primary N) is 1. The van der Waals surface area contributed by atoms with Gasteiger partial charge in [-0.05, 0) is 18.2 Å². The van der Waals surface area contributed by atoms with Gasteiger partial charge in [0.05, 0.1) is 10.7 Å². The van der Waals surface area contributed by atoms with Crippen LogP contribution >= 0.6 is 11.6 Å². The van der Waals surface area contributed by atoms with Gasteiger partial charge in [-0.15, -0.1) is 0 Å². The summed E-state index contributed by atoms with van der Waals surface area (Å²) in [5.41, 5.74) is 10.1. The van der Waals surface area contributed by atoms with Crippen LogP contribution in [0.1, 0.15) is 0 Å². The molecule has 66 valence electrons. The molecule has 0 aliphatic heterocycles. The van der Waals surface area contributed by atoms with Crippen LogP contribution in [-0.2, 0) is 0 Å². The van der Waals surface area contributed by atoms with E-state index in [0.717, 1.165) is 5.69 Å². The van der Waals surface area contributed by atoms with E-state index in [1.54, 1.807) is 12.1 Å². The standard InChI is InChI=1S/C8H12ClN3/c1-12(2)11-8-4-3-6(10)5-7(8)9/h3-5,11H,10H2,1-2H3. The molecule has 0 saturated carbocycles. The fraction of sp³-hybridized carbons (Fsp3) is 0.250. The van der Waals surface area contributed by atoms with Gasteiger partial charge in [0.1, 0.15) is 0 Å². The Hall–Kier alpha value is -0.930. The first-order valence-corrected chi connectivity index (χ1v) is 3.96. The molecular weight excluding hydrogens is 174 g/mol. The first-order valence-electron chi connectivity index (χ1n) is 3.58. The van der Waals surface area contributed by atoms with E-state index in [2.05, 4.69) is 5.43 Å². The minimum absolute atomic E-state index is 0.628. The van der Waals surface area contributed by atoms with Crippen molar-refractivity contribution in [1.82, 2.24) is 5.01 Å². The lowest BCUT2D eigenvalue weighted by Crippen LogP contribution is -2.19. The van der Waals surface area contributed by atoms with Crippen molar-refractivity contribution in [2.45, 2.75) is 0 Å². The van der Waals surface area contributed by atoms with Crippen molar-refractivity contribution in [3.05, 3.63) is 23.2 Å². The summed E-state index contributed by atoms with van der Waals surface area (Å²) in [6.07, 6.45) is 0. The van der Waals surface area contributed by atoms with Crippen LogP contribution in [0.15, 0.2) is 18.2 Å². The molecule has 1 rings (SSSR count). The summed E-state index contributed by atoms with van der Waals surface area (Å²) in [5, 5.41) is 2.45. The second-order valence-corrected chi connectivity index (χ2v) is 3.15. The number of hydrogen-bond donors (Lipinski definition) is 2. The van der Waals surface area contributed by atoms with E-state index in [-0.39, 0.29) is 0 Å². The van der Waals surface area contributed by atoms with Gasteiger partial charge in [-0.2, -0.15) is 0 Å². The van der Waals surface area contributed by atoms with Crippen molar-refractivity contribution >= 4 is 23.0 Å². The Morgan fingerprint density at radius 3 is 2.58 bits per heavy atom. The number of benzene rings is 1. The molecule has 0 radical (unpaired) electrons. The Kier molecular flexibility index (Phi) is 2.78. The van der Waals surface area contributed by atoms with Crippen molar-refractivity contribution in [3.63, 3.8) is 0 Å². The third kappa shape index (κ3) is 2.29. The molecule has 1 aromatic carbocycles. The fourth-order valence-corrected chi connectivity index (χ4v) is 1.09. The van der Waals surface area contributed by atoms with Crippen LogP contribution in [0.25, 0.3) is 0 Å². The van der Waals surface area contributed by atoms with Crippen molar-refractivity contribution < 1.29 is 0 Å². The van der Waals surface area contributed by atoms with E-state index in [1.807, 2.05) is 25.2 Å². The van der Waals surface area contributed by atoms with Crippen molar-refractivity contribution in [2.24, 2.45) is 0 Å². The number of halogens is 1. The van der Waals surface area contributed by atoms with Crippen LogP contribution in [0.4, 0.5) is 11.4 Å². The van der Waals surface area contributed by atoms with Gasteiger partial charge in [0, 0.05) is 19.8 Å². The minimum atomic E-state index is 0.628. The highest BCUT2D eigenvalue weighted by atomic mass is 35.5.